The highest BCUT2D eigenvalue weighted by atomic mass is 16.2. The molecule has 3 heteroatoms. The highest BCUT2D eigenvalue weighted by Crippen LogP contribution is 2.11. The first-order valence-corrected chi connectivity index (χ1v) is 8.38. The summed E-state index contributed by atoms with van der Waals surface area (Å²) in [5, 5.41) is 0. The fraction of sp³-hybridized carbons (Fsp3) is 0.632. The minimum absolute atomic E-state index is 0.209. The Kier molecular flexibility index (Phi) is 7.60. The maximum Gasteiger partial charge on any atom is 0.237 e. The molecule has 0 spiro atoms. The van der Waals surface area contributed by atoms with Gasteiger partial charge in [-0.15, -0.1) is 0 Å². The molecule has 0 bridgehead atoms. The van der Waals surface area contributed by atoms with Gasteiger partial charge in [0.2, 0.25) is 5.91 Å². The monoisotopic (exact) mass is 304 g/mol. The van der Waals surface area contributed by atoms with Crippen molar-refractivity contribution in [3.8, 4) is 0 Å². The average molecular weight is 304 g/mol. The fourth-order valence-corrected chi connectivity index (χ4v) is 2.53. The maximum atomic E-state index is 12.8. The van der Waals surface area contributed by atoms with Crippen LogP contribution in [0.15, 0.2) is 30.3 Å². The number of carbonyl (C=O) groups is 1. The second kappa shape index (κ2) is 8.94. The molecule has 0 aliphatic heterocycles. The molecule has 0 fully saturated rings. The molecule has 0 aromatic heterocycles. The average Bonchev–Trinajstić information content (AvgIpc) is 2.44. The molecule has 124 valence electrons. The van der Waals surface area contributed by atoms with Crippen molar-refractivity contribution in [3.63, 3.8) is 0 Å². The van der Waals surface area contributed by atoms with Crippen LogP contribution in [0.3, 0.4) is 0 Å². The van der Waals surface area contributed by atoms with Gasteiger partial charge in [0.15, 0.2) is 0 Å². The van der Waals surface area contributed by atoms with Gasteiger partial charge in [-0.25, -0.2) is 0 Å². The van der Waals surface area contributed by atoms with Gasteiger partial charge < -0.3 is 4.90 Å². The van der Waals surface area contributed by atoms with Crippen LogP contribution in [0.2, 0.25) is 0 Å². The van der Waals surface area contributed by atoms with Crippen LogP contribution < -0.4 is 0 Å². The fourth-order valence-electron chi connectivity index (χ4n) is 2.53. The number of carbonyl (C=O) groups excluding carboxylic acids is 1. The smallest absolute Gasteiger partial charge is 0.237 e. The molecule has 22 heavy (non-hydrogen) atoms. The molecule has 0 atom stereocenters. The van der Waals surface area contributed by atoms with E-state index in [1.54, 1.807) is 0 Å². The van der Waals surface area contributed by atoms with Gasteiger partial charge in [0.1, 0.15) is 0 Å². The standard InChI is InChI=1S/C19H32N2O/c1-15(2)12-20(16(3)4)14-19(22)21(17(5)6)13-18-10-8-7-9-11-18/h7-11,15-17H,12-14H2,1-6H3. The third kappa shape index (κ3) is 6.18. The Morgan fingerprint density at radius 2 is 1.55 bits per heavy atom. The van der Waals surface area contributed by atoms with Crippen LogP contribution in [0.25, 0.3) is 0 Å². The van der Waals surface area contributed by atoms with Crippen molar-refractivity contribution in [2.24, 2.45) is 5.92 Å². The second-order valence-corrected chi connectivity index (χ2v) is 7.02. The number of hydrogen-bond donors (Lipinski definition) is 0. The third-order valence-corrected chi connectivity index (χ3v) is 3.81. The van der Waals surface area contributed by atoms with Crippen LogP contribution in [-0.4, -0.2) is 40.9 Å². The van der Waals surface area contributed by atoms with Crippen molar-refractivity contribution in [1.29, 1.82) is 0 Å². The molecular formula is C19H32N2O. The summed E-state index contributed by atoms with van der Waals surface area (Å²) in [6.07, 6.45) is 0. The summed E-state index contributed by atoms with van der Waals surface area (Å²) in [5.74, 6) is 0.782. The van der Waals surface area contributed by atoms with Crippen molar-refractivity contribution < 1.29 is 4.79 Å². The topological polar surface area (TPSA) is 23.6 Å². The van der Waals surface area contributed by atoms with E-state index in [4.69, 9.17) is 0 Å². The zero-order chi connectivity index (χ0) is 16.7. The van der Waals surface area contributed by atoms with E-state index in [1.165, 1.54) is 5.56 Å². The number of nitrogens with zero attached hydrogens (tertiary/aromatic N) is 2. The lowest BCUT2D eigenvalue weighted by Gasteiger charge is -2.33. The van der Waals surface area contributed by atoms with E-state index in [0.29, 0.717) is 25.0 Å². The normalized spacial score (nSPS) is 11.7. The highest BCUT2D eigenvalue weighted by molar-refractivity contribution is 5.78. The van der Waals surface area contributed by atoms with Crippen LogP contribution in [0.4, 0.5) is 0 Å². The molecule has 0 radical (unpaired) electrons. The van der Waals surface area contributed by atoms with Gasteiger partial charge in [-0.3, -0.25) is 9.69 Å². The molecule has 0 heterocycles. The summed E-state index contributed by atoms with van der Waals surface area (Å²) in [5.41, 5.74) is 1.18. The van der Waals surface area contributed by atoms with Crippen molar-refractivity contribution in [2.45, 2.75) is 60.2 Å². The van der Waals surface area contributed by atoms with E-state index in [-0.39, 0.29) is 11.9 Å². The van der Waals surface area contributed by atoms with Gasteiger partial charge in [-0.05, 0) is 39.2 Å². The van der Waals surface area contributed by atoms with E-state index in [0.717, 1.165) is 6.54 Å². The predicted octanol–water partition coefficient (Wildman–Crippen LogP) is 3.79. The molecule has 0 unspecified atom stereocenters. The SMILES string of the molecule is CC(C)CN(CC(=O)N(Cc1ccccc1)C(C)C)C(C)C. The van der Waals surface area contributed by atoms with Crippen LogP contribution in [-0.2, 0) is 11.3 Å². The van der Waals surface area contributed by atoms with Gasteiger partial charge in [0, 0.05) is 25.2 Å². The van der Waals surface area contributed by atoms with Crippen LogP contribution in [0.5, 0.6) is 0 Å². The van der Waals surface area contributed by atoms with Crippen molar-refractivity contribution >= 4 is 5.91 Å². The lowest BCUT2D eigenvalue weighted by atomic mass is 10.1. The number of rotatable bonds is 8. The molecule has 1 aromatic carbocycles. The molecule has 0 saturated heterocycles. The highest BCUT2D eigenvalue weighted by Gasteiger charge is 2.22. The van der Waals surface area contributed by atoms with E-state index < -0.39 is 0 Å². The van der Waals surface area contributed by atoms with E-state index >= 15 is 0 Å². The summed E-state index contributed by atoms with van der Waals surface area (Å²) in [4.78, 5) is 17.0. The zero-order valence-corrected chi connectivity index (χ0v) is 15.0. The molecule has 1 amide bonds. The van der Waals surface area contributed by atoms with Gasteiger partial charge in [-0.1, -0.05) is 44.2 Å². The first-order valence-electron chi connectivity index (χ1n) is 8.38. The first kappa shape index (κ1) is 18.7. The lowest BCUT2D eigenvalue weighted by molar-refractivity contribution is -0.135. The van der Waals surface area contributed by atoms with Crippen LogP contribution in [0.1, 0.15) is 47.1 Å². The quantitative estimate of drug-likeness (QED) is 0.729. The minimum atomic E-state index is 0.209. The van der Waals surface area contributed by atoms with Crippen LogP contribution in [0, 0.1) is 5.92 Å². The van der Waals surface area contributed by atoms with Crippen LogP contribution >= 0.6 is 0 Å². The Hall–Kier alpha value is -1.35. The molecule has 0 N–H and O–H groups in total. The lowest BCUT2D eigenvalue weighted by Crippen LogP contribution is -2.46. The van der Waals surface area contributed by atoms with Crippen molar-refractivity contribution in [3.05, 3.63) is 35.9 Å². The maximum absolute atomic E-state index is 12.8. The minimum Gasteiger partial charge on any atom is -0.335 e. The second-order valence-electron chi connectivity index (χ2n) is 7.02. The van der Waals surface area contributed by atoms with E-state index in [9.17, 15) is 4.79 Å². The Bertz CT molecular complexity index is 440. The summed E-state index contributed by atoms with van der Waals surface area (Å²) in [7, 11) is 0. The zero-order valence-electron chi connectivity index (χ0n) is 15.0. The van der Waals surface area contributed by atoms with Crippen molar-refractivity contribution in [2.75, 3.05) is 13.1 Å². The van der Waals surface area contributed by atoms with Crippen molar-refractivity contribution in [1.82, 2.24) is 9.80 Å². The largest absolute Gasteiger partial charge is 0.335 e. The predicted molar refractivity (Wildman–Crippen MR) is 93.7 cm³/mol. The van der Waals surface area contributed by atoms with E-state index in [2.05, 4.69) is 58.6 Å². The molecule has 0 aliphatic carbocycles. The summed E-state index contributed by atoms with van der Waals surface area (Å²) in [6, 6.07) is 10.8. The molecular weight excluding hydrogens is 272 g/mol. The molecule has 1 aromatic rings. The number of benzene rings is 1. The first-order chi connectivity index (χ1) is 10.3. The Morgan fingerprint density at radius 3 is 2.00 bits per heavy atom. The van der Waals surface area contributed by atoms with Gasteiger partial charge >= 0.3 is 0 Å². The summed E-state index contributed by atoms with van der Waals surface area (Å²) in [6.45, 7) is 15.0. The molecule has 0 aliphatic rings. The Balaban J connectivity index is 2.76. The van der Waals surface area contributed by atoms with Gasteiger partial charge in [0.05, 0.1) is 6.54 Å². The third-order valence-electron chi connectivity index (χ3n) is 3.81. The summed E-state index contributed by atoms with van der Waals surface area (Å²) < 4.78 is 0. The van der Waals surface area contributed by atoms with E-state index in [1.807, 2.05) is 23.1 Å². The number of amides is 1. The molecule has 1 rings (SSSR count). The molecule has 0 saturated carbocycles. The van der Waals surface area contributed by atoms with Gasteiger partial charge in [0.25, 0.3) is 0 Å². The summed E-state index contributed by atoms with van der Waals surface area (Å²) >= 11 is 0. The Morgan fingerprint density at radius 1 is 0.955 bits per heavy atom. The van der Waals surface area contributed by atoms with Gasteiger partial charge in [-0.2, -0.15) is 0 Å². The molecule has 3 nitrogen and oxygen atoms in total. The Labute approximate surface area is 136 Å². The number of hydrogen-bond acceptors (Lipinski definition) is 2.